The first-order chi connectivity index (χ1) is 14.9. The van der Waals surface area contributed by atoms with Crippen molar-refractivity contribution in [2.45, 2.75) is 59.2 Å². The molecule has 2 aromatic rings. The van der Waals surface area contributed by atoms with Crippen LogP contribution in [-0.4, -0.2) is 42.5 Å². The van der Waals surface area contributed by atoms with E-state index in [4.69, 9.17) is 9.47 Å². The average molecular weight is 427 g/mol. The van der Waals surface area contributed by atoms with Crippen LogP contribution in [0.25, 0.3) is 0 Å². The van der Waals surface area contributed by atoms with Crippen LogP contribution in [0.1, 0.15) is 44.7 Å². The van der Waals surface area contributed by atoms with E-state index in [0.717, 1.165) is 17.5 Å². The van der Waals surface area contributed by atoms with Gasteiger partial charge in [-0.05, 0) is 44.4 Å². The first-order valence-corrected chi connectivity index (χ1v) is 10.8. The number of benzene rings is 2. The summed E-state index contributed by atoms with van der Waals surface area (Å²) in [6, 6.07) is 14.6. The van der Waals surface area contributed by atoms with Crippen molar-refractivity contribution in [2.75, 3.05) is 13.7 Å². The normalized spacial score (nSPS) is 12.5. The number of aryl methyl sites for hydroxylation is 1. The van der Waals surface area contributed by atoms with Crippen molar-refractivity contribution in [1.82, 2.24) is 10.2 Å². The summed E-state index contributed by atoms with van der Waals surface area (Å²) < 4.78 is 11.1. The Labute approximate surface area is 185 Å². The topological polar surface area (TPSA) is 67.9 Å². The van der Waals surface area contributed by atoms with Gasteiger partial charge < -0.3 is 19.7 Å². The van der Waals surface area contributed by atoms with Gasteiger partial charge in [-0.1, -0.05) is 55.8 Å². The van der Waals surface area contributed by atoms with Crippen LogP contribution in [0, 0.1) is 6.92 Å². The smallest absolute Gasteiger partial charge is 0.261 e. The number of nitrogens with one attached hydrogen (secondary N) is 1. The second-order valence-electron chi connectivity index (χ2n) is 7.69. The third-order valence-corrected chi connectivity index (χ3v) is 5.28. The summed E-state index contributed by atoms with van der Waals surface area (Å²) in [4.78, 5) is 27.8. The summed E-state index contributed by atoms with van der Waals surface area (Å²) >= 11 is 0. The molecule has 6 nitrogen and oxygen atoms in total. The SMILES string of the molecule is CC[C@@H](C)NC(=O)[C@H](CC)N(Cc1ccc(C)cc1)C(=O)COc1ccccc1OC. The Morgan fingerprint density at radius 1 is 1.00 bits per heavy atom. The molecule has 2 rings (SSSR count). The molecule has 0 aromatic heterocycles. The summed E-state index contributed by atoms with van der Waals surface area (Å²) in [7, 11) is 1.56. The number of hydrogen-bond donors (Lipinski definition) is 1. The van der Waals surface area contributed by atoms with Crippen molar-refractivity contribution in [1.29, 1.82) is 0 Å². The fourth-order valence-electron chi connectivity index (χ4n) is 3.21. The lowest BCUT2D eigenvalue weighted by molar-refractivity contribution is -0.143. The molecule has 0 aliphatic heterocycles. The van der Waals surface area contributed by atoms with Gasteiger partial charge in [0, 0.05) is 12.6 Å². The predicted octanol–water partition coefficient (Wildman–Crippen LogP) is 4.10. The third-order valence-electron chi connectivity index (χ3n) is 5.28. The zero-order valence-electron chi connectivity index (χ0n) is 19.2. The van der Waals surface area contributed by atoms with Gasteiger partial charge in [0.2, 0.25) is 5.91 Å². The molecule has 0 radical (unpaired) electrons. The van der Waals surface area contributed by atoms with Crippen LogP contribution in [0.5, 0.6) is 11.5 Å². The highest BCUT2D eigenvalue weighted by Crippen LogP contribution is 2.26. The lowest BCUT2D eigenvalue weighted by Gasteiger charge is -2.31. The first kappa shape index (κ1) is 24.3. The van der Waals surface area contributed by atoms with Gasteiger partial charge in [-0.25, -0.2) is 0 Å². The molecule has 0 spiro atoms. The Morgan fingerprint density at radius 3 is 2.23 bits per heavy atom. The molecule has 0 bridgehead atoms. The highest BCUT2D eigenvalue weighted by atomic mass is 16.5. The number of methoxy groups -OCH3 is 1. The van der Waals surface area contributed by atoms with Gasteiger partial charge in [-0.15, -0.1) is 0 Å². The van der Waals surface area contributed by atoms with E-state index in [1.54, 1.807) is 24.1 Å². The van der Waals surface area contributed by atoms with E-state index in [0.29, 0.717) is 24.5 Å². The standard InChI is InChI=1S/C25H34N2O4/c1-6-19(4)26-25(29)21(7-2)27(16-20-14-12-18(3)13-15-20)24(28)17-31-23-11-9-8-10-22(23)30-5/h8-15,19,21H,6-7,16-17H2,1-5H3,(H,26,29)/t19-,21+/m1/s1. The zero-order valence-corrected chi connectivity index (χ0v) is 19.2. The van der Waals surface area contributed by atoms with Crippen molar-refractivity contribution in [3.63, 3.8) is 0 Å². The molecule has 0 aliphatic rings. The van der Waals surface area contributed by atoms with Gasteiger partial charge in [0.05, 0.1) is 7.11 Å². The van der Waals surface area contributed by atoms with E-state index in [1.807, 2.05) is 64.1 Å². The largest absolute Gasteiger partial charge is 0.493 e. The Morgan fingerprint density at radius 2 is 1.65 bits per heavy atom. The molecule has 2 aromatic carbocycles. The van der Waals surface area contributed by atoms with E-state index in [1.165, 1.54) is 0 Å². The molecule has 0 aliphatic carbocycles. The van der Waals surface area contributed by atoms with E-state index < -0.39 is 6.04 Å². The van der Waals surface area contributed by atoms with Crippen LogP contribution in [0.2, 0.25) is 0 Å². The van der Waals surface area contributed by atoms with Crippen LogP contribution in [0.15, 0.2) is 48.5 Å². The van der Waals surface area contributed by atoms with Gasteiger partial charge in [0.1, 0.15) is 6.04 Å². The number of hydrogen-bond acceptors (Lipinski definition) is 4. The molecule has 2 atom stereocenters. The Bertz CT molecular complexity index is 851. The van der Waals surface area contributed by atoms with Gasteiger partial charge >= 0.3 is 0 Å². The minimum absolute atomic E-state index is 0.0442. The van der Waals surface area contributed by atoms with Gasteiger partial charge in [-0.2, -0.15) is 0 Å². The Hall–Kier alpha value is -3.02. The molecule has 0 unspecified atom stereocenters. The fourth-order valence-corrected chi connectivity index (χ4v) is 3.21. The van der Waals surface area contributed by atoms with Crippen molar-refractivity contribution in [2.24, 2.45) is 0 Å². The zero-order chi connectivity index (χ0) is 22.8. The number of carbonyl (C=O) groups excluding carboxylic acids is 2. The lowest BCUT2D eigenvalue weighted by Crippen LogP contribution is -2.51. The van der Waals surface area contributed by atoms with E-state index in [2.05, 4.69) is 5.32 Å². The van der Waals surface area contributed by atoms with Crippen LogP contribution in [-0.2, 0) is 16.1 Å². The molecule has 0 fully saturated rings. The number of nitrogens with zero attached hydrogens (tertiary/aromatic N) is 1. The summed E-state index contributed by atoms with van der Waals surface area (Å²) in [5.41, 5.74) is 2.11. The third kappa shape index (κ3) is 7.02. The molecule has 0 heterocycles. The highest BCUT2D eigenvalue weighted by molar-refractivity contribution is 5.88. The van der Waals surface area contributed by atoms with Crippen molar-refractivity contribution < 1.29 is 19.1 Å². The van der Waals surface area contributed by atoms with E-state index >= 15 is 0 Å². The van der Waals surface area contributed by atoms with Gasteiger partial charge in [-0.3, -0.25) is 9.59 Å². The van der Waals surface area contributed by atoms with Crippen molar-refractivity contribution in [3.05, 3.63) is 59.7 Å². The van der Waals surface area contributed by atoms with Crippen LogP contribution in [0.4, 0.5) is 0 Å². The maximum Gasteiger partial charge on any atom is 0.261 e. The van der Waals surface area contributed by atoms with E-state index in [9.17, 15) is 9.59 Å². The number of carbonyl (C=O) groups is 2. The highest BCUT2D eigenvalue weighted by Gasteiger charge is 2.29. The monoisotopic (exact) mass is 426 g/mol. The summed E-state index contributed by atoms with van der Waals surface area (Å²) in [5, 5.41) is 3.01. The number of ether oxygens (including phenoxy) is 2. The van der Waals surface area contributed by atoms with Gasteiger partial charge in [0.25, 0.3) is 5.91 Å². The average Bonchev–Trinajstić information content (AvgIpc) is 2.78. The maximum atomic E-state index is 13.2. The molecule has 31 heavy (non-hydrogen) atoms. The minimum atomic E-state index is -0.580. The summed E-state index contributed by atoms with van der Waals surface area (Å²) in [6.45, 7) is 8.06. The molecule has 1 N–H and O–H groups in total. The molecule has 6 heteroatoms. The van der Waals surface area contributed by atoms with Crippen molar-refractivity contribution >= 4 is 11.8 Å². The summed E-state index contributed by atoms with van der Waals surface area (Å²) in [6.07, 6.45) is 1.33. The molecule has 168 valence electrons. The van der Waals surface area contributed by atoms with Gasteiger partial charge in [0.15, 0.2) is 18.1 Å². The Kier molecular flexibility index (Phi) is 9.38. The molecular weight excluding hydrogens is 392 g/mol. The quantitative estimate of drug-likeness (QED) is 0.587. The minimum Gasteiger partial charge on any atom is -0.493 e. The van der Waals surface area contributed by atoms with E-state index in [-0.39, 0.29) is 24.5 Å². The van der Waals surface area contributed by atoms with Crippen molar-refractivity contribution in [3.8, 4) is 11.5 Å². The van der Waals surface area contributed by atoms with Crippen LogP contribution in [0.3, 0.4) is 0 Å². The van der Waals surface area contributed by atoms with Crippen LogP contribution < -0.4 is 14.8 Å². The maximum absolute atomic E-state index is 13.2. The Balaban J connectivity index is 2.23. The number of amides is 2. The molecular formula is C25H34N2O4. The number of rotatable bonds is 11. The first-order valence-electron chi connectivity index (χ1n) is 10.8. The second-order valence-corrected chi connectivity index (χ2v) is 7.69. The number of para-hydroxylation sites is 2. The molecule has 0 saturated carbocycles. The predicted molar refractivity (Wildman–Crippen MR) is 122 cm³/mol. The summed E-state index contributed by atoms with van der Waals surface area (Å²) in [5.74, 6) is 0.653. The lowest BCUT2D eigenvalue weighted by atomic mass is 10.1. The second kappa shape index (κ2) is 12.0. The fraction of sp³-hybridized carbons (Fsp3) is 0.440. The molecule has 2 amide bonds. The van der Waals surface area contributed by atoms with Crippen LogP contribution >= 0.6 is 0 Å². The molecule has 0 saturated heterocycles.